The van der Waals surface area contributed by atoms with Gasteiger partial charge in [-0.15, -0.1) is 0 Å². The predicted molar refractivity (Wildman–Crippen MR) is 126 cm³/mol. The summed E-state index contributed by atoms with van der Waals surface area (Å²) in [4.78, 5) is 24.9. The Morgan fingerprint density at radius 1 is 1.03 bits per heavy atom. The summed E-state index contributed by atoms with van der Waals surface area (Å²) in [5, 5.41) is 2.84. The molecule has 0 heterocycles. The van der Waals surface area contributed by atoms with Crippen molar-refractivity contribution in [1.82, 2.24) is 0 Å². The van der Waals surface area contributed by atoms with E-state index in [0.717, 1.165) is 0 Å². The molecule has 1 N–H and O–H groups in total. The molecule has 2 aromatic carbocycles. The number of nitrogens with one attached hydrogen (secondary N) is 1. The van der Waals surface area contributed by atoms with Crippen molar-refractivity contribution >= 4 is 40.8 Å². The minimum absolute atomic E-state index is 0.0908. The monoisotopic (exact) mass is 519 g/mol. The van der Waals surface area contributed by atoms with Crippen LogP contribution in [0.2, 0.25) is 10.0 Å². The van der Waals surface area contributed by atoms with E-state index < -0.39 is 36.0 Å². The van der Waals surface area contributed by atoms with Crippen molar-refractivity contribution in [3.63, 3.8) is 0 Å². The second-order valence-corrected chi connectivity index (χ2v) is 9.47. The maximum atomic E-state index is 13.3. The summed E-state index contributed by atoms with van der Waals surface area (Å²) in [6.45, 7) is 5.28. The topological polar surface area (TPSA) is 64.6 Å². The van der Waals surface area contributed by atoms with Crippen LogP contribution in [0.4, 0.5) is 18.9 Å². The van der Waals surface area contributed by atoms with Crippen molar-refractivity contribution < 1.29 is 32.2 Å². The average Bonchev–Trinajstić information content (AvgIpc) is 2.71. The van der Waals surface area contributed by atoms with Gasteiger partial charge in [-0.25, -0.2) is 0 Å². The van der Waals surface area contributed by atoms with E-state index in [1.165, 1.54) is 37.4 Å². The van der Waals surface area contributed by atoms with Gasteiger partial charge in [0.2, 0.25) is 5.91 Å². The number of anilines is 1. The van der Waals surface area contributed by atoms with Crippen LogP contribution in [0.15, 0.2) is 36.4 Å². The number of carbonyl (C=O) groups is 2. The van der Waals surface area contributed by atoms with Gasteiger partial charge < -0.3 is 14.8 Å². The quantitative estimate of drug-likeness (QED) is 0.383. The van der Waals surface area contributed by atoms with E-state index in [2.05, 4.69) is 5.32 Å². The zero-order valence-corrected chi connectivity index (χ0v) is 20.7. The van der Waals surface area contributed by atoms with Crippen LogP contribution in [-0.2, 0) is 20.7 Å². The van der Waals surface area contributed by atoms with E-state index in [4.69, 9.17) is 32.7 Å². The van der Waals surface area contributed by atoms with Gasteiger partial charge in [-0.3, -0.25) is 9.59 Å². The summed E-state index contributed by atoms with van der Waals surface area (Å²) < 4.78 is 50.2. The van der Waals surface area contributed by atoms with Crippen LogP contribution in [0.3, 0.4) is 0 Å². The van der Waals surface area contributed by atoms with Crippen molar-refractivity contribution in [1.29, 1.82) is 0 Å². The number of benzene rings is 2. The van der Waals surface area contributed by atoms with Crippen molar-refractivity contribution in [2.75, 3.05) is 12.4 Å². The van der Waals surface area contributed by atoms with Gasteiger partial charge in [0.25, 0.3) is 0 Å². The van der Waals surface area contributed by atoms with Gasteiger partial charge in [-0.05, 0) is 62.6 Å². The van der Waals surface area contributed by atoms with E-state index in [-0.39, 0.29) is 33.5 Å². The normalized spacial score (nSPS) is 12.7. The van der Waals surface area contributed by atoms with E-state index >= 15 is 0 Å². The van der Waals surface area contributed by atoms with Gasteiger partial charge in [-0.1, -0.05) is 35.3 Å². The molecule has 0 aliphatic heterocycles. The number of carbonyl (C=O) groups excluding carboxylic acids is 2. The number of ether oxygens (including phenoxy) is 2. The molecule has 186 valence electrons. The van der Waals surface area contributed by atoms with Gasteiger partial charge in [0.15, 0.2) is 0 Å². The van der Waals surface area contributed by atoms with Gasteiger partial charge in [-0.2, -0.15) is 13.2 Å². The third-order valence-electron chi connectivity index (χ3n) is 4.66. The molecule has 1 amide bonds. The zero-order valence-electron chi connectivity index (χ0n) is 19.2. The average molecular weight is 520 g/mol. The molecule has 0 spiro atoms. The van der Waals surface area contributed by atoms with Crippen LogP contribution in [0.1, 0.15) is 50.7 Å². The van der Waals surface area contributed by atoms with Gasteiger partial charge in [0, 0.05) is 6.42 Å². The third-order valence-corrected chi connectivity index (χ3v) is 5.30. The summed E-state index contributed by atoms with van der Waals surface area (Å²) in [6, 6.07) is 8.72. The summed E-state index contributed by atoms with van der Waals surface area (Å²) in [6.07, 6.45) is -5.60. The number of methoxy groups -OCH3 is 1. The Hall–Kier alpha value is -2.45. The lowest BCUT2D eigenvalue weighted by Gasteiger charge is -2.21. The molecular formula is C24H26Cl2F3NO4. The molecular weight excluding hydrogens is 494 g/mol. The first-order valence-corrected chi connectivity index (χ1v) is 11.2. The van der Waals surface area contributed by atoms with Crippen molar-refractivity contribution in [2.24, 2.45) is 0 Å². The molecule has 2 rings (SSSR count). The molecule has 0 unspecified atom stereocenters. The summed E-state index contributed by atoms with van der Waals surface area (Å²) in [5.74, 6) is -2.70. The minimum Gasteiger partial charge on any atom is -0.495 e. The highest BCUT2D eigenvalue weighted by molar-refractivity contribution is 6.33. The van der Waals surface area contributed by atoms with Crippen LogP contribution in [0.5, 0.6) is 5.75 Å². The molecule has 2 aromatic rings. The fourth-order valence-corrected chi connectivity index (χ4v) is 3.53. The van der Waals surface area contributed by atoms with Crippen LogP contribution < -0.4 is 10.1 Å². The Balaban J connectivity index is 2.24. The van der Waals surface area contributed by atoms with Crippen molar-refractivity contribution in [2.45, 2.75) is 57.7 Å². The molecule has 0 saturated carbocycles. The molecule has 0 aliphatic rings. The first kappa shape index (κ1) is 27.8. The molecule has 0 aliphatic carbocycles. The highest BCUT2D eigenvalue weighted by Crippen LogP contribution is 2.36. The van der Waals surface area contributed by atoms with E-state index in [1.807, 2.05) is 0 Å². The van der Waals surface area contributed by atoms with Gasteiger partial charge in [0.05, 0.1) is 35.2 Å². The maximum absolute atomic E-state index is 13.3. The Labute approximate surface area is 206 Å². The number of aryl methyl sites for hydroxylation is 1. The van der Waals surface area contributed by atoms with E-state index in [0.29, 0.717) is 12.0 Å². The standard InChI is InChI=1S/C24H26Cl2F3NO4/c1-23(2,3)34-21(31)10-6-14-5-8-17(25)19(11-14)30-22(32)16(13-24(27,28)29)15-7-9-18(26)20(12-15)33-4/h5,7-9,11-12,16H,6,10,13H2,1-4H3,(H,30,32)/t16-/m0/s1. The Kier molecular flexibility index (Phi) is 9.25. The number of hydrogen-bond acceptors (Lipinski definition) is 4. The highest BCUT2D eigenvalue weighted by atomic mass is 35.5. The second-order valence-electron chi connectivity index (χ2n) is 8.66. The smallest absolute Gasteiger partial charge is 0.390 e. The summed E-state index contributed by atoms with van der Waals surface area (Å²) in [5.41, 5.74) is 0.273. The number of esters is 1. The minimum atomic E-state index is -4.60. The molecule has 34 heavy (non-hydrogen) atoms. The first-order valence-electron chi connectivity index (χ1n) is 10.4. The largest absolute Gasteiger partial charge is 0.495 e. The van der Waals surface area contributed by atoms with Crippen LogP contribution >= 0.6 is 23.2 Å². The zero-order chi connectivity index (χ0) is 25.7. The fourth-order valence-electron chi connectivity index (χ4n) is 3.17. The van der Waals surface area contributed by atoms with Crippen LogP contribution in [0, 0.1) is 0 Å². The highest BCUT2D eigenvalue weighted by Gasteiger charge is 2.37. The third kappa shape index (κ3) is 8.72. The molecule has 0 radical (unpaired) electrons. The molecule has 0 saturated heterocycles. The molecule has 1 atom stereocenters. The van der Waals surface area contributed by atoms with Crippen LogP contribution in [0.25, 0.3) is 0 Å². The first-order chi connectivity index (χ1) is 15.7. The van der Waals surface area contributed by atoms with Crippen LogP contribution in [-0.4, -0.2) is 30.8 Å². The molecule has 0 fully saturated rings. The molecule has 0 bridgehead atoms. The SMILES string of the molecule is COc1cc([C@H](CC(F)(F)F)C(=O)Nc2cc(CCC(=O)OC(C)(C)C)ccc2Cl)ccc1Cl. The Morgan fingerprint density at radius 3 is 2.26 bits per heavy atom. The summed E-state index contributed by atoms with van der Waals surface area (Å²) >= 11 is 12.1. The van der Waals surface area contributed by atoms with Gasteiger partial charge in [0.1, 0.15) is 11.4 Å². The van der Waals surface area contributed by atoms with Crippen molar-refractivity contribution in [3.05, 3.63) is 57.6 Å². The Bertz CT molecular complexity index is 1040. The van der Waals surface area contributed by atoms with E-state index in [1.54, 1.807) is 26.8 Å². The molecule has 0 aromatic heterocycles. The maximum Gasteiger partial charge on any atom is 0.390 e. The molecule has 5 nitrogen and oxygen atoms in total. The lowest BCUT2D eigenvalue weighted by atomic mass is 9.94. The lowest BCUT2D eigenvalue weighted by molar-refractivity contribution is -0.154. The number of hydrogen-bond donors (Lipinski definition) is 1. The second kappa shape index (κ2) is 11.3. The Morgan fingerprint density at radius 2 is 1.68 bits per heavy atom. The number of amides is 1. The van der Waals surface area contributed by atoms with Gasteiger partial charge >= 0.3 is 12.1 Å². The predicted octanol–water partition coefficient (Wildman–Crippen LogP) is 6.95. The van der Waals surface area contributed by atoms with E-state index in [9.17, 15) is 22.8 Å². The number of alkyl halides is 3. The fraction of sp³-hybridized carbons (Fsp3) is 0.417. The lowest BCUT2D eigenvalue weighted by Crippen LogP contribution is -2.26. The number of rotatable bonds is 8. The summed E-state index contributed by atoms with van der Waals surface area (Å²) in [7, 11) is 1.33. The van der Waals surface area contributed by atoms with Crippen molar-refractivity contribution in [3.8, 4) is 5.75 Å². The molecule has 10 heteroatoms. The number of halogens is 5.